The summed E-state index contributed by atoms with van der Waals surface area (Å²) in [5.74, 6) is 3.23. The van der Waals surface area contributed by atoms with E-state index in [0.29, 0.717) is 12.4 Å². The van der Waals surface area contributed by atoms with Crippen molar-refractivity contribution >= 4 is 17.6 Å². The van der Waals surface area contributed by atoms with Crippen molar-refractivity contribution in [1.82, 2.24) is 9.80 Å². The minimum absolute atomic E-state index is 0.0206. The van der Waals surface area contributed by atoms with Gasteiger partial charge in [0.2, 0.25) is 0 Å². The molecule has 2 saturated heterocycles. The Morgan fingerprint density at radius 1 is 1.28 bits per heavy atom. The number of fused-ring (bicyclic) bond motifs is 1. The summed E-state index contributed by atoms with van der Waals surface area (Å²) < 4.78 is 11.1. The number of ether oxygens (including phenoxy) is 2. The third-order valence-corrected chi connectivity index (χ3v) is 6.71. The number of hydrogen-bond acceptors (Lipinski definition) is 6. The number of allylic oxidation sites excluding steroid dienone is 2. The van der Waals surface area contributed by atoms with Crippen LogP contribution in [0.25, 0.3) is 0 Å². The third kappa shape index (κ3) is 3.38. The van der Waals surface area contributed by atoms with Crippen LogP contribution in [0.15, 0.2) is 46.8 Å². The van der Waals surface area contributed by atoms with E-state index in [1.165, 1.54) is 5.57 Å². The monoisotopic (exact) mass is 438 g/mol. The second-order valence-corrected chi connectivity index (χ2v) is 9.28. The number of carbonyl (C=O) groups excluding carboxylic acids is 1. The standard InChI is InChI=1S/C24H30N4O4/c1-5-6-20-16(2)9-22(25-32-20)26-12-24(13-26)14-27(15-24)23(29)28-17(3)11-31-21-10-18(30-4)7-8-19(21)28/h5-8,10,17H,9,11-15H2,1-4H3/b6-5-. The molecule has 0 aliphatic carbocycles. The lowest BCUT2D eigenvalue weighted by Gasteiger charge is -2.61. The molecule has 4 aliphatic rings. The zero-order valence-electron chi connectivity index (χ0n) is 19.1. The molecule has 5 rings (SSSR count). The molecule has 4 heterocycles. The van der Waals surface area contributed by atoms with E-state index < -0.39 is 0 Å². The molecule has 1 unspecified atom stereocenters. The first-order chi connectivity index (χ1) is 15.4. The van der Waals surface area contributed by atoms with E-state index in [4.69, 9.17) is 14.3 Å². The van der Waals surface area contributed by atoms with Crippen molar-refractivity contribution in [2.45, 2.75) is 33.2 Å². The Morgan fingerprint density at radius 2 is 2.06 bits per heavy atom. The molecule has 170 valence electrons. The topological polar surface area (TPSA) is 66.8 Å². The van der Waals surface area contributed by atoms with Crippen LogP contribution >= 0.6 is 0 Å². The van der Waals surface area contributed by atoms with Crippen LogP contribution in [0, 0.1) is 5.41 Å². The number of amidine groups is 1. The number of urea groups is 1. The number of nitrogens with zero attached hydrogens (tertiary/aromatic N) is 4. The maximum Gasteiger partial charge on any atom is 0.325 e. The molecule has 0 bridgehead atoms. The molecule has 1 aromatic carbocycles. The maximum absolute atomic E-state index is 13.4. The van der Waals surface area contributed by atoms with Gasteiger partial charge in [0.1, 0.15) is 23.9 Å². The van der Waals surface area contributed by atoms with Gasteiger partial charge in [-0.15, -0.1) is 0 Å². The van der Waals surface area contributed by atoms with Gasteiger partial charge in [-0.3, -0.25) is 4.90 Å². The van der Waals surface area contributed by atoms with E-state index in [1.807, 2.05) is 54.0 Å². The van der Waals surface area contributed by atoms with Crippen molar-refractivity contribution in [3.63, 3.8) is 0 Å². The van der Waals surface area contributed by atoms with Crippen LogP contribution < -0.4 is 14.4 Å². The molecule has 8 heteroatoms. The summed E-state index contributed by atoms with van der Waals surface area (Å²) in [6, 6.07) is 5.64. The zero-order valence-corrected chi connectivity index (χ0v) is 19.1. The predicted molar refractivity (Wildman–Crippen MR) is 122 cm³/mol. The number of methoxy groups -OCH3 is 1. The average Bonchev–Trinajstić information content (AvgIpc) is 2.73. The van der Waals surface area contributed by atoms with Crippen molar-refractivity contribution in [3.05, 3.63) is 41.7 Å². The lowest BCUT2D eigenvalue weighted by molar-refractivity contribution is -0.0645. The summed E-state index contributed by atoms with van der Waals surface area (Å²) in [4.78, 5) is 25.0. The van der Waals surface area contributed by atoms with E-state index in [2.05, 4.69) is 17.0 Å². The number of likely N-dealkylation sites (tertiary alicyclic amines) is 2. The Labute approximate surface area is 188 Å². The molecule has 1 atom stereocenters. The Bertz CT molecular complexity index is 1020. The van der Waals surface area contributed by atoms with E-state index in [-0.39, 0.29) is 17.5 Å². The van der Waals surface area contributed by atoms with Crippen LogP contribution in [0.4, 0.5) is 10.5 Å². The molecular weight excluding hydrogens is 408 g/mol. The highest BCUT2D eigenvalue weighted by molar-refractivity contribution is 5.95. The van der Waals surface area contributed by atoms with Crippen molar-refractivity contribution < 1.29 is 19.1 Å². The lowest BCUT2D eigenvalue weighted by Crippen LogP contribution is -2.75. The number of rotatable bonds is 2. The van der Waals surface area contributed by atoms with Gasteiger partial charge in [-0.2, -0.15) is 0 Å². The number of amides is 2. The minimum Gasteiger partial charge on any atom is -0.497 e. The van der Waals surface area contributed by atoms with Gasteiger partial charge >= 0.3 is 6.03 Å². The van der Waals surface area contributed by atoms with Gasteiger partial charge in [-0.25, -0.2) is 4.79 Å². The van der Waals surface area contributed by atoms with Crippen molar-refractivity contribution in [2.75, 3.05) is 44.8 Å². The molecule has 2 fully saturated rings. The van der Waals surface area contributed by atoms with Crippen molar-refractivity contribution in [2.24, 2.45) is 10.6 Å². The summed E-state index contributed by atoms with van der Waals surface area (Å²) in [6.45, 7) is 9.91. The third-order valence-electron chi connectivity index (χ3n) is 6.71. The average molecular weight is 439 g/mol. The van der Waals surface area contributed by atoms with Crippen LogP contribution in [-0.4, -0.2) is 67.6 Å². The first kappa shape index (κ1) is 20.7. The van der Waals surface area contributed by atoms with Gasteiger partial charge in [0.05, 0.1) is 18.8 Å². The number of oxime groups is 1. The number of carbonyl (C=O) groups is 1. The van der Waals surface area contributed by atoms with Crippen LogP contribution in [0.2, 0.25) is 0 Å². The second kappa shape index (κ2) is 7.76. The fourth-order valence-electron chi connectivity index (χ4n) is 4.98. The highest BCUT2D eigenvalue weighted by Crippen LogP contribution is 2.43. The Kier molecular flexibility index (Phi) is 5.03. The van der Waals surface area contributed by atoms with E-state index in [9.17, 15) is 4.79 Å². The van der Waals surface area contributed by atoms with Gasteiger partial charge in [0.25, 0.3) is 0 Å². The van der Waals surface area contributed by atoms with Gasteiger partial charge in [-0.05, 0) is 44.6 Å². The normalized spacial score (nSPS) is 23.8. The summed E-state index contributed by atoms with van der Waals surface area (Å²) in [5, 5.41) is 4.32. The number of hydrogen-bond donors (Lipinski definition) is 0. The SMILES string of the molecule is C/C=C\C1=C(C)CC(N2CC3(CN(C(=O)N4c5ccc(OC)cc5OCC4C)C3)C2)=NO1. The van der Waals surface area contributed by atoms with Gasteiger partial charge < -0.3 is 24.1 Å². The maximum atomic E-state index is 13.4. The molecule has 8 nitrogen and oxygen atoms in total. The van der Waals surface area contributed by atoms with Crippen LogP contribution in [0.5, 0.6) is 11.5 Å². The van der Waals surface area contributed by atoms with Gasteiger partial charge in [0, 0.05) is 44.1 Å². The molecule has 4 aliphatic heterocycles. The first-order valence-electron chi connectivity index (χ1n) is 11.1. The Balaban J connectivity index is 1.20. The highest BCUT2D eigenvalue weighted by atomic mass is 16.6. The van der Waals surface area contributed by atoms with Crippen molar-refractivity contribution in [1.29, 1.82) is 0 Å². The molecule has 0 aromatic heterocycles. The van der Waals surface area contributed by atoms with Gasteiger partial charge in [-0.1, -0.05) is 11.2 Å². The minimum atomic E-state index is -0.0206. The largest absolute Gasteiger partial charge is 0.497 e. The van der Waals surface area contributed by atoms with Crippen LogP contribution in [0.3, 0.4) is 0 Å². The van der Waals surface area contributed by atoms with E-state index in [1.54, 1.807) is 7.11 Å². The second-order valence-electron chi connectivity index (χ2n) is 9.28. The quantitative estimate of drug-likeness (QED) is 0.706. The molecule has 0 saturated carbocycles. The molecular formula is C24H30N4O4. The Morgan fingerprint density at radius 3 is 2.75 bits per heavy atom. The lowest BCUT2D eigenvalue weighted by atomic mass is 9.72. The molecule has 0 N–H and O–H groups in total. The summed E-state index contributed by atoms with van der Waals surface area (Å²) in [6.07, 6.45) is 4.72. The zero-order chi connectivity index (χ0) is 22.5. The fraction of sp³-hybridized carbons (Fsp3) is 0.500. The number of anilines is 1. The van der Waals surface area contributed by atoms with Crippen molar-refractivity contribution in [3.8, 4) is 11.5 Å². The molecule has 1 aromatic rings. The summed E-state index contributed by atoms with van der Waals surface area (Å²) in [7, 11) is 1.63. The summed E-state index contributed by atoms with van der Waals surface area (Å²) >= 11 is 0. The van der Waals surface area contributed by atoms with Gasteiger partial charge in [0.15, 0.2) is 5.76 Å². The van der Waals surface area contributed by atoms with E-state index in [0.717, 1.165) is 55.6 Å². The first-order valence-corrected chi connectivity index (χ1v) is 11.1. The molecule has 2 amide bonds. The summed E-state index contributed by atoms with van der Waals surface area (Å²) in [5.41, 5.74) is 2.16. The molecule has 0 radical (unpaired) electrons. The number of benzene rings is 1. The molecule has 1 spiro atoms. The van der Waals surface area contributed by atoms with Crippen LogP contribution in [-0.2, 0) is 4.84 Å². The highest BCUT2D eigenvalue weighted by Gasteiger charge is 2.55. The smallest absolute Gasteiger partial charge is 0.325 e. The van der Waals surface area contributed by atoms with Crippen LogP contribution in [0.1, 0.15) is 27.2 Å². The van der Waals surface area contributed by atoms with E-state index >= 15 is 0 Å². The fourth-order valence-corrected chi connectivity index (χ4v) is 4.98. The Hall–Kier alpha value is -3.16. The predicted octanol–water partition coefficient (Wildman–Crippen LogP) is 3.60. The molecule has 32 heavy (non-hydrogen) atoms.